The van der Waals surface area contributed by atoms with Gasteiger partial charge in [-0.15, -0.1) is 0 Å². The van der Waals surface area contributed by atoms with E-state index < -0.39 is 11.7 Å². The van der Waals surface area contributed by atoms with Crippen molar-refractivity contribution in [2.24, 2.45) is 5.10 Å². The number of nitrogens with zero attached hydrogens (tertiary/aromatic N) is 2. The average molecular weight is 492 g/mol. The van der Waals surface area contributed by atoms with Crippen molar-refractivity contribution in [3.8, 4) is 17.4 Å². The largest absolute Gasteiger partial charge is 0.457 e. The Kier molecular flexibility index (Phi) is 8.06. The fraction of sp³-hybridized carbons (Fsp3) is 0.0455. The van der Waals surface area contributed by atoms with Crippen LogP contribution in [0.5, 0.6) is 0 Å². The summed E-state index contributed by atoms with van der Waals surface area (Å²) in [5.74, 6) is -2.51. The van der Waals surface area contributed by atoms with Gasteiger partial charge in [0.1, 0.15) is 23.2 Å². The third-order valence-electron chi connectivity index (χ3n) is 3.97. The molecule has 1 heterocycles. The lowest BCUT2D eigenvalue weighted by molar-refractivity contribution is -0.117. The van der Waals surface area contributed by atoms with Crippen LogP contribution in [0.15, 0.2) is 74.6 Å². The number of carbonyl (C=O) groups is 1. The Hall–Kier alpha value is -3.12. The number of rotatable bonds is 7. The molecule has 0 aliphatic rings. The molecule has 3 rings (SSSR count). The number of nitriles is 1. The Morgan fingerprint density at radius 3 is 2.56 bits per heavy atom. The van der Waals surface area contributed by atoms with Gasteiger partial charge in [-0.1, -0.05) is 53.2 Å². The summed E-state index contributed by atoms with van der Waals surface area (Å²) in [5.41, 5.74) is 3.22. The molecule has 0 radical (unpaired) electrons. The van der Waals surface area contributed by atoms with Crippen LogP contribution in [0.3, 0.4) is 0 Å². The van der Waals surface area contributed by atoms with Gasteiger partial charge < -0.3 is 4.42 Å². The van der Waals surface area contributed by atoms with Crippen LogP contribution in [0.2, 0.25) is 10.0 Å². The molecule has 0 bridgehead atoms. The molecular weight excluding hydrogens is 479 g/mol. The molecule has 1 aromatic heterocycles. The Balaban J connectivity index is 1.68. The lowest BCUT2D eigenvalue weighted by atomic mass is 10.2. The van der Waals surface area contributed by atoms with Gasteiger partial charge in [0.15, 0.2) is 0 Å². The first-order chi connectivity index (χ1) is 15.4. The van der Waals surface area contributed by atoms with Crippen LogP contribution < -0.4 is 5.43 Å². The molecule has 32 heavy (non-hydrogen) atoms. The minimum Gasteiger partial charge on any atom is -0.457 e. The van der Waals surface area contributed by atoms with Crippen LogP contribution in [0.1, 0.15) is 11.3 Å². The van der Waals surface area contributed by atoms with Gasteiger partial charge in [-0.3, -0.25) is 4.79 Å². The second-order valence-corrected chi connectivity index (χ2v) is 8.05. The zero-order valence-corrected chi connectivity index (χ0v) is 18.4. The minimum atomic E-state index is -2.50. The van der Waals surface area contributed by atoms with Crippen LogP contribution in [0.4, 0.5) is 8.78 Å². The van der Waals surface area contributed by atoms with Crippen LogP contribution in [-0.4, -0.2) is 17.9 Å². The molecule has 2 aromatic carbocycles. The summed E-state index contributed by atoms with van der Waals surface area (Å²) in [4.78, 5) is 12.7. The molecule has 0 saturated heterocycles. The predicted molar refractivity (Wildman–Crippen MR) is 122 cm³/mol. The van der Waals surface area contributed by atoms with Gasteiger partial charge in [0.25, 0.3) is 11.7 Å². The topological polar surface area (TPSA) is 78.4 Å². The number of carbonyl (C=O) groups excluding carboxylic acids is 1. The predicted octanol–water partition coefficient (Wildman–Crippen LogP) is 6.63. The molecule has 0 unspecified atom stereocenters. The SMILES string of the molecule is N#C/C(=C\c1ccc(-c2ccc(SC(F)F)cc2)o1)C(=O)N/N=C\c1ccc(Cl)cc1Cl. The zero-order chi connectivity index (χ0) is 23.1. The molecule has 0 saturated carbocycles. The van der Waals surface area contributed by atoms with Crippen molar-refractivity contribution in [2.45, 2.75) is 10.7 Å². The molecule has 0 aliphatic carbocycles. The maximum atomic E-state index is 12.4. The number of halogens is 4. The van der Waals surface area contributed by atoms with Gasteiger partial charge in [0.2, 0.25) is 0 Å². The lowest BCUT2D eigenvalue weighted by Crippen LogP contribution is -2.19. The molecule has 1 N–H and O–H groups in total. The van der Waals surface area contributed by atoms with Crippen LogP contribution >= 0.6 is 35.0 Å². The fourth-order valence-electron chi connectivity index (χ4n) is 2.50. The van der Waals surface area contributed by atoms with E-state index in [-0.39, 0.29) is 11.3 Å². The average Bonchev–Trinajstić information content (AvgIpc) is 3.22. The van der Waals surface area contributed by atoms with E-state index in [0.29, 0.717) is 43.6 Å². The Labute approximate surface area is 196 Å². The van der Waals surface area contributed by atoms with Gasteiger partial charge >= 0.3 is 0 Å². The van der Waals surface area contributed by atoms with Crippen molar-refractivity contribution in [3.63, 3.8) is 0 Å². The quantitative estimate of drug-likeness (QED) is 0.132. The highest BCUT2D eigenvalue weighted by atomic mass is 35.5. The summed E-state index contributed by atoms with van der Waals surface area (Å²) in [5, 5.41) is 13.9. The number of nitrogens with one attached hydrogen (secondary N) is 1. The van der Waals surface area contributed by atoms with Crippen molar-refractivity contribution < 1.29 is 18.0 Å². The zero-order valence-electron chi connectivity index (χ0n) is 16.1. The Morgan fingerprint density at radius 1 is 1.16 bits per heavy atom. The number of amides is 1. The van der Waals surface area contributed by atoms with Crippen LogP contribution in [-0.2, 0) is 4.79 Å². The molecule has 0 atom stereocenters. The number of benzene rings is 2. The highest BCUT2D eigenvalue weighted by Crippen LogP contribution is 2.29. The van der Waals surface area contributed by atoms with Gasteiger partial charge in [0.05, 0.1) is 11.2 Å². The van der Waals surface area contributed by atoms with E-state index in [0.717, 1.165) is 0 Å². The maximum absolute atomic E-state index is 12.4. The molecule has 1 amide bonds. The standard InChI is InChI=1S/C22H13Cl2F2N3O2S/c23-16-4-1-14(19(24)10-16)12-28-29-21(30)15(11-27)9-17-5-8-20(31-17)13-2-6-18(7-3-13)32-22(25)26/h1-10,12,22H,(H,29,30)/b15-9+,28-12-. The van der Waals surface area contributed by atoms with E-state index in [1.807, 2.05) is 0 Å². The first-order valence-corrected chi connectivity index (χ1v) is 10.5. The monoisotopic (exact) mass is 491 g/mol. The Morgan fingerprint density at radius 2 is 1.91 bits per heavy atom. The molecular formula is C22H13Cl2F2N3O2S. The number of alkyl halides is 2. The molecule has 3 aromatic rings. The second-order valence-electron chi connectivity index (χ2n) is 6.14. The van der Waals surface area contributed by atoms with Crippen molar-refractivity contribution in [3.05, 3.63) is 81.5 Å². The number of hydrazone groups is 1. The summed E-state index contributed by atoms with van der Waals surface area (Å²) < 4.78 is 30.5. The molecule has 162 valence electrons. The Bertz CT molecular complexity index is 1220. The summed E-state index contributed by atoms with van der Waals surface area (Å²) in [7, 11) is 0. The van der Waals surface area contributed by atoms with E-state index in [9.17, 15) is 18.8 Å². The number of hydrogen-bond acceptors (Lipinski definition) is 5. The third kappa shape index (κ3) is 6.44. The molecule has 0 fully saturated rings. The van der Waals surface area contributed by atoms with Crippen molar-refractivity contribution >= 4 is 53.2 Å². The summed E-state index contributed by atoms with van der Waals surface area (Å²) >= 11 is 12.3. The number of thioether (sulfide) groups is 1. The van der Waals surface area contributed by atoms with E-state index in [4.69, 9.17) is 27.6 Å². The van der Waals surface area contributed by atoms with Gasteiger partial charge in [-0.25, -0.2) is 5.43 Å². The van der Waals surface area contributed by atoms with Crippen LogP contribution in [0, 0.1) is 11.3 Å². The van der Waals surface area contributed by atoms with Crippen molar-refractivity contribution in [1.29, 1.82) is 5.26 Å². The van der Waals surface area contributed by atoms with Crippen molar-refractivity contribution in [2.75, 3.05) is 0 Å². The summed E-state index contributed by atoms with van der Waals surface area (Å²) in [6, 6.07) is 16.2. The first-order valence-electron chi connectivity index (χ1n) is 8.91. The highest BCUT2D eigenvalue weighted by molar-refractivity contribution is 7.99. The maximum Gasteiger partial charge on any atom is 0.288 e. The third-order valence-corrected chi connectivity index (χ3v) is 5.26. The second kappa shape index (κ2) is 11.0. The number of furan rings is 1. The molecule has 0 spiro atoms. The summed E-state index contributed by atoms with van der Waals surface area (Å²) in [6.07, 6.45) is 2.59. The van der Waals surface area contributed by atoms with E-state index in [1.165, 1.54) is 18.4 Å². The lowest BCUT2D eigenvalue weighted by Gasteiger charge is -2.01. The van der Waals surface area contributed by atoms with E-state index in [1.54, 1.807) is 54.6 Å². The van der Waals surface area contributed by atoms with Crippen molar-refractivity contribution in [1.82, 2.24) is 5.43 Å². The van der Waals surface area contributed by atoms with Gasteiger partial charge in [-0.05, 0) is 36.4 Å². The normalized spacial score (nSPS) is 11.7. The fourth-order valence-corrected chi connectivity index (χ4v) is 3.46. The first kappa shape index (κ1) is 23.5. The van der Waals surface area contributed by atoms with E-state index in [2.05, 4.69) is 10.5 Å². The van der Waals surface area contributed by atoms with Crippen LogP contribution in [0.25, 0.3) is 17.4 Å². The minimum absolute atomic E-state index is 0.228. The summed E-state index contributed by atoms with van der Waals surface area (Å²) in [6.45, 7) is 0. The molecule has 0 aliphatic heterocycles. The number of hydrogen-bond donors (Lipinski definition) is 1. The molecule has 5 nitrogen and oxygen atoms in total. The van der Waals surface area contributed by atoms with Gasteiger partial charge in [-0.2, -0.15) is 19.1 Å². The molecule has 10 heteroatoms. The highest BCUT2D eigenvalue weighted by Gasteiger charge is 2.11. The van der Waals surface area contributed by atoms with E-state index >= 15 is 0 Å². The smallest absolute Gasteiger partial charge is 0.288 e. The van der Waals surface area contributed by atoms with Gasteiger partial charge in [0, 0.05) is 27.1 Å².